The number of nitrogens with one attached hydrogen (secondary N) is 1. The highest BCUT2D eigenvalue weighted by molar-refractivity contribution is 7.98. The van der Waals surface area contributed by atoms with Crippen LogP contribution in [-0.4, -0.2) is 20.9 Å². The molecule has 0 aliphatic rings. The van der Waals surface area contributed by atoms with Gasteiger partial charge < -0.3 is 0 Å². The number of aromatic nitrogens is 3. The molecule has 2 heterocycles. The van der Waals surface area contributed by atoms with Crippen LogP contribution in [0.3, 0.4) is 0 Å². The van der Waals surface area contributed by atoms with Crippen LogP contribution in [0.1, 0.15) is 16.1 Å². The Morgan fingerprint density at radius 1 is 1.28 bits per heavy atom. The van der Waals surface area contributed by atoms with Crippen LogP contribution in [0.25, 0.3) is 0 Å². The highest BCUT2D eigenvalue weighted by Crippen LogP contribution is 2.18. The number of nitrogens with two attached hydrogens (primary N) is 1. The van der Waals surface area contributed by atoms with E-state index in [1.807, 2.05) is 0 Å². The van der Waals surface area contributed by atoms with Gasteiger partial charge in [-0.05, 0) is 12.1 Å². The molecule has 0 aliphatic carbocycles. The summed E-state index contributed by atoms with van der Waals surface area (Å²) in [5.74, 6) is 5.35. The highest BCUT2D eigenvalue weighted by atomic mass is 32.2. The van der Waals surface area contributed by atoms with Crippen molar-refractivity contribution in [3.05, 3.63) is 48.2 Å². The van der Waals surface area contributed by atoms with Gasteiger partial charge in [0.25, 0.3) is 5.91 Å². The lowest BCUT2D eigenvalue weighted by Gasteiger charge is -2.02. The van der Waals surface area contributed by atoms with Gasteiger partial charge in [-0.2, -0.15) is 0 Å². The number of hydrogen-bond acceptors (Lipinski definition) is 6. The Labute approximate surface area is 108 Å². The van der Waals surface area contributed by atoms with Crippen molar-refractivity contribution in [3.8, 4) is 0 Å². The quantitative estimate of drug-likeness (QED) is 0.365. The predicted molar refractivity (Wildman–Crippen MR) is 67.5 cm³/mol. The summed E-state index contributed by atoms with van der Waals surface area (Å²) in [7, 11) is 0. The first-order chi connectivity index (χ1) is 8.79. The topological polar surface area (TPSA) is 93.8 Å². The van der Waals surface area contributed by atoms with Crippen LogP contribution in [0.15, 0.2) is 41.9 Å². The van der Waals surface area contributed by atoms with E-state index in [1.165, 1.54) is 18.0 Å². The van der Waals surface area contributed by atoms with E-state index in [2.05, 4.69) is 20.4 Å². The molecule has 1 amide bonds. The van der Waals surface area contributed by atoms with Crippen molar-refractivity contribution in [1.29, 1.82) is 0 Å². The second-order valence-corrected chi connectivity index (χ2v) is 4.34. The van der Waals surface area contributed by atoms with Gasteiger partial charge in [-0.3, -0.25) is 20.2 Å². The maximum Gasteiger partial charge on any atom is 0.266 e. The van der Waals surface area contributed by atoms with Gasteiger partial charge in [0.2, 0.25) is 0 Å². The van der Waals surface area contributed by atoms with Crippen LogP contribution in [0, 0.1) is 0 Å². The zero-order valence-corrected chi connectivity index (χ0v) is 10.2. The van der Waals surface area contributed by atoms with Gasteiger partial charge in [0.1, 0.15) is 5.03 Å². The number of hydrazine groups is 1. The molecule has 0 aromatic carbocycles. The van der Waals surface area contributed by atoms with Gasteiger partial charge in [0.15, 0.2) is 0 Å². The lowest BCUT2D eigenvalue weighted by atomic mass is 10.2. The van der Waals surface area contributed by atoms with Gasteiger partial charge in [-0.15, -0.1) is 0 Å². The minimum Gasteiger partial charge on any atom is -0.290 e. The molecule has 7 heteroatoms. The summed E-state index contributed by atoms with van der Waals surface area (Å²) in [6, 6.07) is 3.47. The lowest BCUT2D eigenvalue weighted by Crippen LogP contribution is -2.30. The summed E-state index contributed by atoms with van der Waals surface area (Å²) in [6.45, 7) is 0. The van der Waals surface area contributed by atoms with Crippen LogP contribution >= 0.6 is 11.8 Å². The van der Waals surface area contributed by atoms with E-state index in [0.29, 0.717) is 11.3 Å². The van der Waals surface area contributed by atoms with Crippen LogP contribution in [-0.2, 0) is 5.75 Å². The second-order valence-electron chi connectivity index (χ2n) is 3.34. The third kappa shape index (κ3) is 3.25. The Balaban J connectivity index is 1.97. The minimum atomic E-state index is -0.351. The maximum absolute atomic E-state index is 11.2. The zero-order valence-electron chi connectivity index (χ0n) is 9.41. The van der Waals surface area contributed by atoms with Crippen LogP contribution in [0.2, 0.25) is 0 Å². The molecule has 0 bridgehead atoms. The van der Waals surface area contributed by atoms with Gasteiger partial charge in [0, 0.05) is 24.3 Å². The third-order valence-corrected chi connectivity index (χ3v) is 3.07. The van der Waals surface area contributed by atoms with Gasteiger partial charge >= 0.3 is 0 Å². The highest BCUT2D eigenvalue weighted by Gasteiger charge is 2.04. The second kappa shape index (κ2) is 6.08. The number of thioether (sulfide) groups is 1. The molecule has 92 valence electrons. The number of pyridine rings is 1. The monoisotopic (exact) mass is 261 g/mol. The lowest BCUT2D eigenvalue weighted by molar-refractivity contribution is 0.0953. The molecule has 0 spiro atoms. The van der Waals surface area contributed by atoms with Crippen LogP contribution < -0.4 is 11.3 Å². The van der Waals surface area contributed by atoms with E-state index in [9.17, 15) is 4.79 Å². The van der Waals surface area contributed by atoms with E-state index in [0.717, 1.165) is 10.7 Å². The Morgan fingerprint density at radius 3 is 2.78 bits per heavy atom. The SMILES string of the molecule is NNC(=O)c1ccc(CSc2cnccn2)nc1. The molecule has 0 saturated carbocycles. The summed E-state index contributed by atoms with van der Waals surface area (Å²) in [5.41, 5.74) is 3.35. The van der Waals surface area contributed by atoms with E-state index >= 15 is 0 Å². The fourth-order valence-corrected chi connectivity index (χ4v) is 1.97. The van der Waals surface area contributed by atoms with E-state index < -0.39 is 0 Å². The fraction of sp³-hybridized carbons (Fsp3) is 0.0909. The molecule has 18 heavy (non-hydrogen) atoms. The first-order valence-electron chi connectivity index (χ1n) is 5.14. The smallest absolute Gasteiger partial charge is 0.266 e. The molecular formula is C11H11N5OS. The van der Waals surface area contributed by atoms with Crippen molar-refractivity contribution in [2.24, 2.45) is 5.84 Å². The maximum atomic E-state index is 11.2. The average Bonchev–Trinajstić information content (AvgIpc) is 2.46. The first-order valence-corrected chi connectivity index (χ1v) is 6.13. The molecule has 3 N–H and O–H groups in total. The van der Waals surface area contributed by atoms with Gasteiger partial charge in [-0.25, -0.2) is 10.8 Å². The van der Waals surface area contributed by atoms with Gasteiger partial charge in [0.05, 0.1) is 17.5 Å². The molecule has 2 aromatic rings. The van der Waals surface area contributed by atoms with Crippen molar-refractivity contribution in [2.45, 2.75) is 10.8 Å². The molecular weight excluding hydrogens is 250 g/mol. The number of rotatable bonds is 4. The van der Waals surface area contributed by atoms with Crippen LogP contribution in [0.4, 0.5) is 0 Å². The molecule has 0 radical (unpaired) electrons. The predicted octanol–water partition coefficient (Wildman–Crippen LogP) is 0.767. The number of hydrogen-bond donors (Lipinski definition) is 2. The average molecular weight is 261 g/mol. The molecule has 0 unspecified atom stereocenters. The van der Waals surface area contributed by atoms with Crippen molar-refractivity contribution >= 4 is 17.7 Å². The summed E-state index contributed by atoms with van der Waals surface area (Å²) in [6.07, 6.45) is 6.46. The third-order valence-electron chi connectivity index (χ3n) is 2.13. The number of nitrogen functional groups attached to an aromatic ring is 1. The van der Waals surface area contributed by atoms with Crippen LogP contribution in [0.5, 0.6) is 0 Å². The number of nitrogens with zero attached hydrogens (tertiary/aromatic N) is 3. The molecule has 2 rings (SSSR count). The molecule has 0 atom stereocenters. The van der Waals surface area contributed by atoms with Gasteiger partial charge in [-0.1, -0.05) is 11.8 Å². The van der Waals surface area contributed by atoms with E-state index in [-0.39, 0.29) is 5.91 Å². The first kappa shape index (κ1) is 12.5. The zero-order chi connectivity index (χ0) is 12.8. The summed E-state index contributed by atoms with van der Waals surface area (Å²) in [5, 5.41) is 0.836. The van der Waals surface area contributed by atoms with E-state index in [4.69, 9.17) is 5.84 Å². The van der Waals surface area contributed by atoms with Crippen molar-refractivity contribution in [1.82, 2.24) is 20.4 Å². The molecule has 6 nitrogen and oxygen atoms in total. The molecule has 2 aromatic heterocycles. The Morgan fingerprint density at radius 2 is 2.17 bits per heavy atom. The largest absolute Gasteiger partial charge is 0.290 e. The summed E-state index contributed by atoms with van der Waals surface area (Å²) < 4.78 is 0. The summed E-state index contributed by atoms with van der Waals surface area (Å²) >= 11 is 1.53. The summed E-state index contributed by atoms with van der Waals surface area (Å²) in [4.78, 5) is 23.5. The van der Waals surface area contributed by atoms with Crippen molar-refractivity contribution in [2.75, 3.05) is 0 Å². The Bertz CT molecular complexity index is 517. The standard InChI is InChI=1S/C11H11N5OS/c12-16-11(17)8-1-2-9(15-5-8)7-18-10-6-13-3-4-14-10/h1-6H,7,12H2,(H,16,17). The molecule has 0 fully saturated rings. The number of carbonyl (C=O) groups is 1. The van der Waals surface area contributed by atoms with Crippen molar-refractivity contribution in [3.63, 3.8) is 0 Å². The Kier molecular flexibility index (Phi) is 4.21. The minimum absolute atomic E-state index is 0.351. The number of carbonyl (C=O) groups excluding carboxylic acids is 1. The Hall–Kier alpha value is -1.99. The molecule has 0 saturated heterocycles. The van der Waals surface area contributed by atoms with Crippen molar-refractivity contribution < 1.29 is 4.79 Å². The van der Waals surface area contributed by atoms with E-state index in [1.54, 1.807) is 30.7 Å². The fourth-order valence-electron chi connectivity index (χ4n) is 1.24. The number of amides is 1. The molecule has 0 aliphatic heterocycles. The normalized spacial score (nSPS) is 10.1.